The summed E-state index contributed by atoms with van der Waals surface area (Å²) in [6, 6.07) is 21.7. The van der Waals surface area contributed by atoms with E-state index in [0.717, 1.165) is 32.0 Å². The standard InChI is InChI=1S/C24H33N3.ClH/c1-2-4-12-19-26-24(25-18-11-3-1)27-20-17-23(21-13-7-5-8-14-21)22-15-9-6-10-16-22;/h5-10,13-16,23H,1-4,11-12,17-20H2,(H2,25,26,27);1H. The number of guanidine groups is 1. The minimum absolute atomic E-state index is 0. The first-order chi connectivity index (χ1) is 13.4. The molecule has 3 rings (SSSR count). The fourth-order valence-electron chi connectivity index (χ4n) is 3.75. The zero-order valence-electron chi connectivity index (χ0n) is 16.8. The second-order valence-electron chi connectivity index (χ2n) is 7.37. The van der Waals surface area contributed by atoms with Crippen LogP contribution in [-0.4, -0.2) is 25.6 Å². The molecule has 28 heavy (non-hydrogen) atoms. The van der Waals surface area contributed by atoms with Crippen molar-refractivity contribution in [1.29, 1.82) is 0 Å². The van der Waals surface area contributed by atoms with Crippen LogP contribution in [0.25, 0.3) is 0 Å². The van der Waals surface area contributed by atoms with Gasteiger partial charge in [-0.1, -0.05) is 86.3 Å². The first-order valence-electron chi connectivity index (χ1n) is 10.6. The molecule has 152 valence electrons. The first kappa shape index (κ1) is 22.3. The van der Waals surface area contributed by atoms with Crippen LogP contribution < -0.4 is 10.6 Å². The van der Waals surface area contributed by atoms with E-state index in [-0.39, 0.29) is 12.4 Å². The van der Waals surface area contributed by atoms with Gasteiger partial charge in [-0.25, -0.2) is 0 Å². The second-order valence-corrected chi connectivity index (χ2v) is 7.37. The van der Waals surface area contributed by atoms with Crippen LogP contribution in [0.2, 0.25) is 0 Å². The maximum Gasteiger partial charge on any atom is 0.191 e. The summed E-state index contributed by atoms with van der Waals surface area (Å²) in [5, 5.41) is 7.08. The lowest BCUT2D eigenvalue weighted by atomic mass is 9.88. The van der Waals surface area contributed by atoms with Crippen molar-refractivity contribution in [3.63, 3.8) is 0 Å². The number of nitrogens with one attached hydrogen (secondary N) is 2. The Morgan fingerprint density at radius 2 is 1.36 bits per heavy atom. The Morgan fingerprint density at radius 3 is 2.00 bits per heavy atom. The van der Waals surface area contributed by atoms with Gasteiger partial charge in [0, 0.05) is 25.6 Å². The molecule has 0 radical (unpaired) electrons. The van der Waals surface area contributed by atoms with E-state index in [4.69, 9.17) is 4.99 Å². The van der Waals surface area contributed by atoms with Gasteiger partial charge in [-0.3, -0.25) is 4.99 Å². The number of benzene rings is 2. The van der Waals surface area contributed by atoms with E-state index in [0.29, 0.717) is 5.92 Å². The van der Waals surface area contributed by atoms with Crippen LogP contribution in [0.3, 0.4) is 0 Å². The van der Waals surface area contributed by atoms with Gasteiger partial charge >= 0.3 is 0 Å². The van der Waals surface area contributed by atoms with Crippen molar-refractivity contribution in [3.05, 3.63) is 71.8 Å². The number of hydrogen-bond donors (Lipinski definition) is 2. The number of hydrogen-bond acceptors (Lipinski definition) is 3. The fraction of sp³-hybridized carbons (Fsp3) is 0.458. The Bertz CT molecular complexity index is 633. The highest BCUT2D eigenvalue weighted by Gasteiger charge is 2.13. The number of rotatable bonds is 5. The van der Waals surface area contributed by atoms with E-state index >= 15 is 0 Å². The Balaban J connectivity index is 0.00000280. The third kappa shape index (κ3) is 7.55. The van der Waals surface area contributed by atoms with Gasteiger partial charge in [0.2, 0.25) is 0 Å². The zero-order chi connectivity index (χ0) is 18.6. The monoisotopic (exact) mass is 399 g/mol. The van der Waals surface area contributed by atoms with Crippen LogP contribution in [-0.2, 0) is 0 Å². The highest BCUT2D eigenvalue weighted by molar-refractivity contribution is 5.85. The third-order valence-electron chi connectivity index (χ3n) is 5.28. The van der Waals surface area contributed by atoms with E-state index in [9.17, 15) is 0 Å². The summed E-state index contributed by atoms with van der Waals surface area (Å²) in [5.41, 5.74) is 2.76. The summed E-state index contributed by atoms with van der Waals surface area (Å²) < 4.78 is 0. The molecule has 0 bridgehead atoms. The van der Waals surface area contributed by atoms with Crippen LogP contribution in [0.15, 0.2) is 65.7 Å². The Labute approximate surface area is 176 Å². The molecule has 2 N–H and O–H groups in total. The Hall–Kier alpha value is -2.00. The number of halogens is 1. The predicted molar refractivity (Wildman–Crippen MR) is 123 cm³/mol. The fourth-order valence-corrected chi connectivity index (χ4v) is 3.75. The molecular weight excluding hydrogens is 366 g/mol. The van der Waals surface area contributed by atoms with Crippen molar-refractivity contribution in [1.82, 2.24) is 10.6 Å². The molecule has 4 heteroatoms. The molecule has 2 aromatic carbocycles. The quantitative estimate of drug-likeness (QED) is 0.694. The van der Waals surface area contributed by atoms with E-state index in [1.54, 1.807) is 0 Å². The van der Waals surface area contributed by atoms with E-state index in [1.165, 1.54) is 49.7 Å². The van der Waals surface area contributed by atoms with Crippen molar-refractivity contribution in [3.8, 4) is 0 Å². The van der Waals surface area contributed by atoms with Gasteiger partial charge in [-0.2, -0.15) is 0 Å². The molecule has 1 heterocycles. The minimum Gasteiger partial charge on any atom is -0.356 e. The SMILES string of the molecule is Cl.c1ccc(C(CCN/C2=N/CCCCCCCCN2)c2ccccc2)cc1. The van der Waals surface area contributed by atoms with E-state index in [2.05, 4.69) is 71.3 Å². The van der Waals surface area contributed by atoms with Crippen molar-refractivity contribution >= 4 is 18.4 Å². The van der Waals surface area contributed by atoms with Gasteiger partial charge in [-0.15, -0.1) is 12.4 Å². The van der Waals surface area contributed by atoms with E-state index < -0.39 is 0 Å². The van der Waals surface area contributed by atoms with Crippen LogP contribution in [0.4, 0.5) is 0 Å². The summed E-state index contributed by atoms with van der Waals surface area (Å²) >= 11 is 0. The molecule has 0 amide bonds. The largest absolute Gasteiger partial charge is 0.356 e. The van der Waals surface area contributed by atoms with Crippen molar-refractivity contribution < 1.29 is 0 Å². The lowest BCUT2D eigenvalue weighted by Crippen LogP contribution is -2.39. The summed E-state index contributed by atoms with van der Waals surface area (Å²) in [5.74, 6) is 1.39. The molecule has 1 aliphatic rings. The molecular formula is C24H34ClN3. The van der Waals surface area contributed by atoms with Gasteiger partial charge in [-0.05, 0) is 30.4 Å². The third-order valence-corrected chi connectivity index (χ3v) is 5.28. The van der Waals surface area contributed by atoms with Crippen molar-refractivity contribution in [2.75, 3.05) is 19.6 Å². The summed E-state index contributed by atoms with van der Waals surface area (Å²) in [4.78, 5) is 4.76. The summed E-state index contributed by atoms with van der Waals surface area (Å²) in [6.07, 6.45) is 8.83. The van der Waals surface area contributed by atoms with Gasteiger partial charge in [0.15, 0.2) is 5.96 Å². The van der Waals surface area contributed by atoms with Crippen molar-refractivity contribution in [2.45, 2.75) is 50.9 Å². The zero-order valence-corrected chi connectivity index (χ0v) is 17.6. The van der Waals surface area contributed by atoms with Crippen LogP contribution in [0.5, 0.6) is 0 Å². The Kier molecular flexibility index (Phi) is 10.5. The normalized spacial score (nSPS) is 17.4. The highest BCUT2D eigenvalue weighted by atomic mass is 35.5. The highest BCUT2D eigenvalue weighted by Crippen LogP contribution is 2.27. The molecule has 1 aliphatic heterocycles. The molecule has 0 saturated carbocycles. The topological polar surface area (TPSA) is 36.4 Å². The number of aliphatic imine (C=N–C) groups is 1. The first-order valence-corrected chi connectivity index (χ1v) is 10.6. The maximum absolute atomic E-state index is 4.76. The average Bonchev–Trinajstić information content (AvgIpc) is 2.78. The maximum atomic E-state index is 4.76. The molecule has 0 spiro atoms. The van der Waals surface area contributed by atoms with Crippen LogP contribution in [0.1, 0.15) is 62.0 Å². The molecule has 0 saturated heterocycles. The van der Waals surface area contributed by atoms with Gasteiger partial charge < -0.3 is 10.6 Å². The minimum atomic E-state index is 0. The van der Waals surface area contributed by atoms with E-state index in [1.807, 2.05) is 0 Å². The number of nitrogens with zero attached hydrogens (tertiary/aromatic N) is 1. The molecule has 0 aliphatic carbocycles. The molecule has 0 aromatic heterocycles. The van der Waals surface area contributed by atoms with Gasteiger partial charge in [0.05, 0.1) is 0 Å². The van der Waals surface area contributed by atoms with Crippen molar-refractivity contribution in [2.24, 2.45) is 4.99 Å². The molecule has 0 fully saturated rings. The van der Waals surface area contributed by atoms with Crippen LogP contribution in [0, 0.1) is 0 Å². The lowest BCUT2D eigenvalue weighted by Gasteiger charge is -2.19. The second kappa shape index (κ2) is 13.2. The molecule has 0 unspecified atom stereocenters. The van der Waals surface area contributed by atoms with Gasteiger partial charge in [0.1, 0.15) is 0 Å². The smallest absolute Gasteiger partial charge is 0.191 e. The average molecular weight is 400 g/mol. The summed E-state index contributed by atoms with van der Waals surface area (Å²) in [7, 11) is 0. The summed E-state index contributed by atoms with van der Waals surface area (Å²) in [6.45, 7) is 2.86. The predicted octanol–water partition coefficient (Wildman–Crippen LogP) is 5.52. The molecule has 3 nitrogen and oxygen atoms in total. The Morgan fingerprint density at radius 1 is 0.786 bits per heavy atom. The lowest BCUT2D eigenvalue weighted by molar-refractivity contribution is 0.599. The molecule has 0 atom stereocenters. The van der Waals surface area contributed by atoms with Crippen LogP contribution >= 0.6 is 12.4 Å². The van der Waals surface area contributed by atoms with Gasteiger partial charge in [0.25, 0.3) is 0 Å². The molecule has 2 aromatic rings.